The van der Waals surface area contributed by atoms with Crippen LogP contribution >= 0.6 is 27.5 Å². The minimum Gasteiger partial charge on any atom is -0.486 e. The second-order valence-corrected chi connectivity index (χ2v) is 7.95. The molecule has 0 aliphatic carbocycles. The van der Waals surface area contributed by atoms with E-state index in [4.69, 9.17) is 20.8 Å². The van der Waals surface area contributed by atoms with Crippen molar-refractivity contribution in [3.8, 4) is 5.75 Å². The molecule has 0 aliphatic heterocycles. The van der Waals surface area contributed by atoms with Crippen LogP contribution in [-0.4, -0.2) is 15.7 Å². The molecule has 0 fully saturated rings. The second-order valence-electron chi connectivity index (χ2n) is 6.63. The molecule has 0 spiro atoms. The summed E-state index contributed by atoms with van der Waals surface area (Å²) >= 11 is 9.42. The zero-order valence-corrected chi connectivity index (χ0v) is 18.4. The first-order valence-electron chi connectivity index (χ1n) is 9.21. The number of nitrogens with one attached hydrogen (secondary N) is 1. The van der Waals surface area contributed by atoms with Crippen molar-refractivity contribution in [1.82, 2.24) is 9.78 Å². The van der Waals surface area contributed by atoms with Gasteiger partial charge in [-0.3, -0.25) is 9.48 Å². The molecule has 2 aromatic heterocycles. The number of carbonyl (C=O) groups excluding carboxylic acids is 1. The summed E-state index contributed by atoms with van der Waals surface area (Å²) in [5, 5.41) is 7.23. The Labute approximate surface area is 190 Å². The van der Waals surface area contributed by atoms with E-state index in [2.05, 4.69) is 26.3 Å². The Morgan fingerprint density at radius 3 is 2.77 bits per heavy atom. The average Bonchev–Trinajstić information content (AvgIpc) is 3.39. The zero-order valence-electron chi connectivity index (χ0n) is 16.0. The van der Waals surface area contributed by atoms with Gasteiger partial charge in [-0.15, -0.1) is 0 Å². The Kier molecular flexibility index (Phi) is 6.39. The number of halogens is 3. The number of aromatic nitrogens is 2. The van der Waals surface area contributed by atoms with Gasteiger partial charge in [0.05, 0.1) is 18.4 Å². The van der Waals surface area contributed by atoms with Crippen LogP contribution in [0, 0.1) is 5.82 Å². The van der Waals surface area contributed by atoms with E-state index in [-0.39, 0.29) is 12.4 Å². The van der Waals surface area contributed by atoms with Gasteiger partial charge in [0, 0.05) is 15.7 Å². The SMILES string of the molecule is O=C(Nc1cnn(Cc2ccc(F)cc2Cl)c1)c1ccc(COc2ccc(Br)cc2)o1. The fourth-order valence-corrected chi connectivity index (χ4v) is 3.29. The quantitative estimate of drug-likeness (QED) is 0.340. The summed E-state index contributed by atoms with van der Waals surface area (Å²) in [6.07, 6.45) is 3.16. The Hall–Kier alpha value is -3.10. The Morgan fingerprint density at radius 2 is 2.00 bits per heavy atom. The number of hydrogen-bond donors (Lipinski definition) is 1. The summed E-state index contributed by atoms with van der Waals surface area (Å²) in [5.41, 5.74) is 1.21. The molecule has 158 valence electrons. The van der Waals surface area contributed by atoms with Gasteiger partial charge in [-0.25, -0.2) is 4.39 Å². The number of ether oxygens (including phenoxy) is 1. The van der Waals surface area contributed by atoms with Gasteiger partial charge in [-0.1, -0.05) is 33.6 Å². The molecule has 4 aromatic rings. The van der Waals surface area contributed by atoms with Crippen LogP contribution in [0.5, 0.6) is 5.75 Å². The molecule has 1 N–H and O–H groups in total. The van der Waals surface area contributed by atoms with Crippen LogP contribution in [0.2, 0.25) is 5.02 Å². The normalized spacial score (nSPS) is 10.8. The van der Waals surface area contributed by atoms with E-state index in [1.807, 2.05) is 24.3 Å². The molecule has 4 rings (SSSR count). The number of hydrogen-bond acceptors (Lipinski definition) is 4. The van der Waals surface area contributed by atoms with Crippen LogP contribution in [0.3, 0.4) is 0 Å². The molecule has 31 heavy (non-hydrogen) atoms. The summed E-state index contributed by atoms with van der Waals surface area (Å²) in [4.78, 5) is 12.4. The monoisotopic (exact) mass is 503 g/mol. The zero-order chi connectivity index (χ0) is 21.8. The lowest BCUT2D eigenvalue weighted by atomic mass is 10.2. The third kappa shape index (κ3) is 5.53. The summed E-state index contributed by atoms with van der Waals surface area (Å²) in [7, 11) is 0. The molecule has 9 heteroatoms. The molecule has 0 bridgehead atoms. The molecular weight excluding hydrogens is 489 g/mol. The molecule has 0 saturated heterocycles. The number of benzene rings is 2. The van der Waals surface area contributed by atoms with Crippen LogP contribution < -0.4 is 10.1 Å². The fraction of sp³-hybridized carbons (Fsp3) is 0.0909. The van der Waals surface area contributed by atoms with Gasteiger partial charge < -0.3 is 14.5 Å². The first kappa shape index (κ1) is 21.1. The van der Waals surface area contributed by atoms with Crippen LogP contribution in [0.1, 0.15) is 21.9 Å². The predicted octanol–water partition coefficient (Wildman–Crippen LogP) is 5.91. The maximum absolute atomic E-state index is 13.2. The molecule has 0 saturated carbocycles. The minimum absolute atomic E-state index is 0.156. The molecule has 2 aromatic carbocycles. The van der Waals surface area contributed by atoms with E-state index in [0.717, 1.165) is 4.47 Å². The largest absolute Gasteiger partial charge is 0.486 e. The fourth-order valence-electron chi connectivity index (χ4n) is 2.79. The van der Waals surface area contributed by atoms with Crippen molar-refractivity contribution in [2.75, 3.05) is 5.32 Å². The van der Waals surface area contributed by atoms with E-state index >= 15 is 0 Å². The number of rotatable bonds is 7. The lowest BCUT2D eigenvalue weighted by molar-refractivity contribution is 0.0992. The maximum Gasteiger partial charge on any atom is 0.291 e. The Balaban J connectivity index is 1.34. The Morgan fingerprint density at radius 1 is 1.19 bits per heavy atom. The molecule has 0 radical (unpaired) electrons. The van der Waals surface area contributed by atoms with Crippen molar-refractivity contribution in [2.24, 2.45) is 0 Å². The predicted molar refractivity (Wildman–Crippen MR) is 118 cm³/mol. The number of carbonyl (C=O) groups is 1. The van der Waals surface area contributed by atoms with E-state index in [0.29, 0.717) is 34.3 Å². The number of furan rings is 1. The first-order chi connectivity index (χ1) is 15.0. The summed E-state index contributed by atoms with van der Waals surface area (Å²) < 4.78 is 26.9. The average molecular weight is 505 g/mol. The van der Waals surface area contributed by atoms with Gasteiger partial charge in [-0.2, -0.15) is 5.10 Å². The van der Waals surface area contributed by atoms with Gasteiger partial charge in [-0.05, 0) is 54.1 Å². The van der Waals surface area contributed by atoms with Crippen molar-refractivity contribution in [3.05, 3.63) is 99.4 Å². The number of anilines is 1. The molecular formula is C22H16BrClFN3O3. The standard InChI is InChI=1S/C22H16BrClFN3O3/c23-15-2-5-18(6-3-15)30-13-19-7-8-21(31-19)22(29)27-17-10-26-28(12-17)11-14-1-4-16(25)9-20(14)24/h1-10,12H,11,13H2,(H,27,29). The molecule has 0 aliphatic rings. The number of amides is 1. The van der Waals surface area contributed by atoms with E-state index < -0.39 is 11.7 Å². The van der Waals surface area contributed by atoms with E-state index in [1.165, 1.54) is 18.3 Å². The van der Waals surface area contributed by atoms with Crippen LogP contribution in [0.4, 0.5) is 10.1 Å². The maximum atomic E-state index is 13.2. The highest BCUT2D eigenvalue weighted by atomic mass is 79.9. The number of nitrogens with zero attached hydrogens (tertiary/aromatic N) is 2. The van der Waals surface area contributed by atoms with Crippen molar-refractivity contribution in [2.45, 2.75) is 13.2 Å². The minimum atomic E-state index is -0.408. The molecule has 6 nitrogen and oxygen atoms in total. The molecule has 1 amide bonds. The van der Waals surface area contributed by atoms with Crippen molar-refractivity contribution >= 4 is 39.1 Å². The Bertz CT molecular complexity index is 1210. The van der Waals surface area contributed by atoms with Gasteiger partial charge in [0.25, 0.3) is 5.91 Å². The highest BCUT2D eigenvalue weighted by molar-refractivity contribution is 9.10. The van der Waals surface area contributed by atoms with Gasteiger partial charge in [0.1, 0.15) is 23.9 Å². The molecule has 2 heterocycles. The topological polar surface area (TPSA) is 69.3 Å². The summed E-state index contributed by atoms with van der Waals surface area (Å²) in [6, 6.07) is 14.9. The third-order valence-corrected chi connectivity index (χ3v) is 5.20. The van der Waals surface area contributed by atoms with Gasteiger partial charge >= 0.3 is 0 Å². The highest BCUT2D eigenvalue weighted by Gasteiger charge is 2.13. The van der Waals surface area contributed by atoms with Crippen molar-refractivity contribution in [3.63, 3.8) is 0 Å². The van der Waals surface area contributed by atoms with Crippen LogP contribution in [0.15, 0.2) is 75.9 Å². The second kappa shape index (κ2) is 9.36. The van der Waals surface area contributed by atoms with E-state index in [1.54, 1.807) is 29.1 Å². The van der Waals surface area contributed by atoms with Gasteiger partial charge in [0.15, 0.2) is 5.76 Å². The van der Waals surface area contributed by atoms with Gasteiger partial charge in [0.2, 0.25) is 0 Å². The summed E-state index contributed by atoms with van der Waals surface area (Å²) in [5.74, 6) is 0.564. The molecule has 0 atom stereocenters. The van der Waals surface area contributed by atoms with Crippen LogP contribution in [0.25, 0.3) is 0 Å². The van der Waals surface area contributed by atoms with Crippen LogP contribution in [-0.2, 0) is 13.2 Å². The van der Waals surface area contributed by atoms with Crippen molar-refractivity contribution in [1.29, 1.82) is 0 Å². The lowest BCUT2D eigenvalue weighted by Gasteiger charge is -2.05. The smallest absolute Gasteiger partial charge is 0.291 e. The summed E-state index contributed by atoms with van der Waals surface area (Å²) in [6.45, 7) is 0.540. The third-order valence-electron chi connectivity index (χ3n) is 4.32. The van der Waals surface area contributed by atoms with E-state index in [9.17, 15) is 9.18 Å². The highest BCUT2D eigenvalue weighted by Crippen LogP contribution is 2.20. The lowest BCUT2D eigenvalue weighted by Crippen LogP contribution is -2.10. The first-order valence-corrected chi connectivity index (χ1v) is 10.4. The molecule has 0 unspecified atom stereocenters. The van der Waals surface area contributed by atoms with Crippen molar-refractivity contribution < 1.29 is 18.3 Å².